The number of hydrogen-bond donors (Lipinski definition) is 1. The van der Waals surface area contributed by atoms with E-state index in [0.717, 1.165) is 7.11 Å². The van der Waals surface area contributed by atoms with Crippen molar-refractivity contribution in [2.45, 2.75) is 19.4 Å². The Hall–Kier alpha value is -1.79. The number of carbonyl (C=O) groups is 1. The van der Waals surface area contributed by atoms with Gasteiger partial charge in [-0.15, -0.1) is 0 Å². The summed E-state index contributed by atoms with van der Waals surface area (Å²) in [5, 5.41) is 2.09. The number of nitrogens with one attached hydrogen (secondary N) is 1. The highest BCUT2D eigenvalue weighted by atomic mass is 19.2. The Morgan fingerprint density at radius 1 is 1.28 bits per heavy atom. The van der Waals surface area contributed by atoms with Crippen LogP contribution in [0.4, 0.5) is 23.2 Å². The standard InChI is InChI=1S/C11H11F4NO2/c1-3-7(11(17)18-2)16-10-8(14)5(12)4-6(13)9(10)15/h4,7,16H,3H2,1-2H3. The maximum Gasteiger partial charge on any atom is 0.328 e. The van der Waals surface area contributed by atoms with Crippen LogP contribution in [0.25, 0.3) is 0 Å². The predicted molar refractivity (Wildman–Crippen MR) is 56.0 cm³/mol. The minimum Gasteiger partial charge on any atom is -0.467 e. The second-order valence-electron chi connectivity index (χ2n) is 3.47. The Bertz CT molecular complexity index is 439. The highest BCUT2D eigenvalue weighted by Gasteiger charge is 2.24. The van der Waals surface area contributed by atoms with Gasteiger partial charge in [-0.3, -0.25) is 0 Å². The van der Waals surface area contributed by atoms with E-state index < -0.39 is 41.0 Å². The number of ether oxygens (including phenoxy) is 1. The van der Waals surface area contributed by atoms with Crippen molar-refractivity contribution < 1.29 is 27.1 Å². The Kier molecular flexibility index (Phi) is 4.52. The molecule has 0 heterocycles. The van der Waals surface area contributed by atoms with Gasteiger partial charge in [0, 0.05) is 6.07 Å². The fourth-order valence-electron chi connectivity index (χ4n) is 1.34. The average Bonchev–Trinajstić information content (AvgIpc) is 2.36. The van der Waals surface area contributed by atoms with Crippen molar-refractivity contribution >= 4 is 11.7 Å². The first-order chi connectivity index (χ1) is 8.42. The summed E-state index contributed by atoms with van der Waals surface area (Å²) in [6.07, 6.45) is 0.129. The van der Waals surface area contributed by atoms with Gasteiger partial charge in [-0.2, -0.15) is 0 Å². The third-order valence-corrected chi connectivity index (χ3v) is 2.32. The van der Waals surface area contributed by atoms with Crippen LogP contribution >= 0.6 is 0 Å². The van der Waals surface area contributed by atoms with Crippen molar-refractivity contribution in [3.8, 4) is 0 Å². The maximum absolute atomic E-state index is 13.3. The third-order valence-electron chi connectivity index (χ3n) is 2.32. The summed E-state index contributed by atoms with van der Waals surface area (Å²) >= 11 is 0. The highest BCUT2D eigenvalue weighted by Crippen LogP contribution is 2.25. The molecule has 1 unspecified atom stereocenters. The van der Waals surface area contributed by atoms with Gasteiger partial charge in [0.15, 0.2) is 23.3 Å². The average molecular weight is 265 g/mol. The van der Waals surface area contributed by atoms with Crippen LogP contribution in [-0.4, -0.2) is 19.1 Å². The van der Waals surface area contributed by atoms with Gasteiger partial charge in [-0.1, -0.05) is 6.92 Å². The van der Waals surface area contributed by atoms with Crippen molar-refractivity contribution in [2.24, 2.45) is 0 Å². The lowest BCUT2D eigenvalue weighted by Crippen LogP contribution is -2.31. The van der Waals surface area contributed by atoms with Crippen LogP contribution in [-0.2, 0) is 9.53 Å². The zero-order valence-corrected chi connectivity index (χ0v) is 9.69. The molecule has 0 saturated heterocycles. The Morgan fingerprint density at radius 2 is 1.78 bits per heavy atom. The van der Waals surface area contributed by atoms with Gasteiger partial charge in [0.2, 0.25) is 0 Å². The van der Waals surface area contributed by atoms with Crippen LogP contribution in [0.5, 0.6) is 0 Å². The van der Waals surface area contributed by atoms with Gasteiger partial charge in [0.25, 0.3) is 0 Å². The van der Waals surface area contributed by atoms with Crippen LogP contribution in [0.15, 0.2) is 6.07 Å². The van der Waals surface area contributed by atoms with Gasteiger partial charge in [0.1, 0.15) is 11.7 Å². The second kappa shape index (κ2) is 5.70. The zero-order chi connectivity index (χ0) is 13.9. The third kappa shape index (κ3) is 2.72. The fraction of sp³-hybridized carbons (Fsp3) is 0.364. The van der Waals surface area contributed by atoms with E-state index >= 15 is 0 Å². The smallest absolute Gasteiger partial charge is 0.328 e. The molecule has 0 fully saturated rings. The number of methoxy groups -OCH3 is 1. The number of hydrogen-bond acceptors (Lipinski definition) is 3. The Morgan fingerprint density at radius 3 is 2.17 bits per heavy atom. The quantitative estimate of drug-likeness (QED) is 0.516. The van der Waals surface area contributed by atoms with Crippen LogP contribution in [0, 0.1) is 23.3 Å². The molecule has 0 radical (unpaired) electrons. The molecule has 18 heavy (non-hydrogen) atoms. The molecule has 100 valence electrons. The van der Waals surface area contributed by atoms with Crippen LogP contribution in [0.3, 0.4) is 0 Å². The van der Waals surface area contributed by atoms with Crippen LogP contribution in [0.2, 0.25) is 0 Å². The molecule has 1 atom stereocenters. The van der Waals surface area contributed by atoms with Crippen molar-refractivity contribution in [3.63, 3.8) is 0 Å². The molecule has 3 nitrogen and oxygen atoms in total. The van der Waals surface area contributed by atoms with E-state index in [-0.39, 0.29) is 12.5 Å². The summed E-state index contributed by atoms with van der Waals surface area (Å²) in [4.78, 5) is 11.2. The van der Waals surface area contributed by atoms with Gasteiger partial charge < -0.3 is 10.1 Å². The molecule has 0 aromatic heterocycles. The van der Waals surface area contributed by atoms with E-state index in [1.165, 1.54) is 0 Å². The predicted octanol–water partition coefficient (Wildman–Crippen LogP) is 2.61. The van der Waals surface area contributed by atoms with Gasteiger partial charge >= 0.3 is 5.97 Å². The molecule has 1 N–H and O–H groups in total. The van der Waals surface area contributed by atoms with Crippen molar-refractivity contribution in [1.82, 2.24) is 0 Å². The highest BCUT2D eigenvalue weighted by molar-refractivity contribution is 5.79. The normalized spacial score (nSPS) is 12.1. The van der Waals surface area contributed by atoms with Crippen molar-refractivity contribution in [1.29, 1.82) is 0 Å². The molecular weight excluding hydrogens is 254 g/mol. The SMILES string of the molecule is CCC(Nc1c(F)c(F)cc(F)c1F)C(=O)OC. The molecular formula is C11H11F4NO2. The minimum atomic E-state index is -1.59. The largest absolute Gasteiger partial charge is 0.467 e. The van der Waals surface area contributed by atoms with E-state index in [0.29, 0.717) is 0 Å². The van der Waals surface area contributed by atoms with E-state index in [9.17, 15) is 22.4 Å². The van der Waals surface area contributed by atoms with Crippen molar-refractivity contribution in [2.75, 3.05) is 12.4 Å². The molecule has 0 saturated carbocycles. The van der Waals surface area contributed by atoms with Crippen molar-refractivity contribution in [3.05, 3.63) is 29.3 Å². The second-order valence-corrected chi connectivity index (χ2v) is 3.47. The summed E-state index contributed by atoms with van der Waals surface area (Å²) in [5.74, 6) is -7.05. The van der Waals surface area contributed by atoms with E-state index in [4.69, 9.17) is 0 Å². The van der Waals surface area contributed by atoms with Gasteiger partial charge in [-0.05, 0) is 6.42 Å². The molecule has 7 heteroatoms. The number of esters is 1. The fourth-order valence-corrected chi connectivity index (χ4v) is 1.34. The molecule has 0 aliphatic rings. The van der Waals surface area contributed by atoms with E-state index in [1.54, 1.807) is 6.92 Å². The summed E-state index contributed by atoms with van der Waals surface area (Å²) in [6, 6.07) is -1.00. The Labute approximate surface area is 101 Å². The minimum absolute atomic E-state index is 0.0922. The van der Waals surface area contributed by atoms with Crippen LogP contribution in [0.1, 0.15) is 13.3 Å². The maximum atomic E-state index is 13.3. The number of rotatable bonds is 4. The number of carbonyl (C=O) groups excluding carboxylic acids is 1. The molecule has 0 amide bonds. The molecule has 0 aliphatic carbocycles. The first-order valence-corrected chi connectivity index (χ1v) is 5.09. The lowest BCUT2D eigenvalue weighted by Gasteiger charge is -2.17. The Balaban J connectivity index is 3.13. The summed E-state index contributed by atoms with van der Waals surface area (Å²) in [5.41, 5.74) is -1.02. The molecule has 1 rings (SSSR count). The number of benzene rings is 1. The first kappa shape index (κ1) is 14.3. The molecule has 0 aliphatic heterocycles. The lowest BCUT2D eigenvalue weighted by molar-refractivity contribution is -0.141. The molecule has 1 aromatic rings. The molecule has 1 aromatic carbocycles. The first-order valence-electron chi connectivity index (χ1n) is 5.09. The monoisotopic (exact) mass is 265 g/mol. The lowest BCUT2D eigenvalue weighted by atomic mass is 10.2. The number of anilines is 1. The van der Waals surface area contributed by atoms with E-state index in [2.05, 4.69) is 10.1 Å². The summed E-state index contributed by atoms with van der Waals surface area (Å²) in [7, 11) is 1.09. The summed E-state index contributed by atoms with van der Waals surface area (Å²) in [6.45, 7) is 1.54. The van der Waals surface area contributed by atoms with E-state index in [1.807, 2.05) is 0 Å². The zero-order valence-electron chi connectivity index (χ0n) is 9.69. The number of halogens is 4. The van der Waals surface area contributed by atoms with Gasteiger partial charge in [-0.25, -0.2) is 22.4 Å². The van der Waals surface area contributed by atoms with Gasteiger partial charge in [0.05, 0.1) is 7.11 Å². The topological polar surface area (TPSA) is 38.3 Å². The molecule has 0 bridgehead atoms. The molecule has 0 spiro atoms. The van der Waals surface area contributed by atoms with Crippen LogP contribution < -0.4 is 5.32 Å². The summed E-state index contributed by atoms with van der Waals surface area (Å²) < 4.78 is 56.8.